The molecule has 18 heavy (non-hydrogen) atoms. The van der Waals surface area contributed by atoms with E-state index in [1.807, 2.05) is 6.92 Å². The fourth-order valence-electron chi connectivity index (χ4n) is 1.00. The Morgan fingerprint density at radius 2 is 2.00 bits per heavy atom. The zero-order valence-electron chi connectivity index (χ0n) is 10.2. The molecule has 6 nitrogen and oxygen atoms in total. The topological polar surface area (TPSA) is 89.2 Å². The molecule has 0 fully saturated rings. The molecule has 1 aromatic rings. The van der Waals surface area contributed by atoms with Gasteiger partial charge in [0.05, 0.1) is 11.0 Å². The number of thioether (sulfide) groups is 2. The number of hydrogen-bond acceptors (Lipinski definition) is 7. The lowest BCUT2D eigenvalue weighted by Gasteiger charge is -2.14. The van der Waals surface area contributed by atoms with Crippen molar-refractivity contribution in [1.82, 2.24) is 15.1 Å². The van der Waals surface area contributed by atoms with Crippen LogP contribution in [-0.4, -0.2) is 52.0 Å². The summed E-state index contributed by atoms with van der Waals surface area (Å²) < 4.78 is 1.39. The smallest absolute Gasteiger partial charge is 0.235 e. The summed E-state index contributed by atoms with van der Waals surface area (Å²) in [4.78, 5) is 23.8. The van der Waals surface area contributed by atoms with Crippen LogP contribution < -0.4 is 5.73 Å². The van der Waals surface area contributed by atoms with Gasteiger partial charge >= 0.3 is 0 Å². The van der Waals surface area contributed by atoms with E-state index in [4.69, 9.17) is 5.73 Å². The molecule has 0 saturated carbocycles. The Balaban J connectivity index is 2.53. The normalized spacial score (nSPS) is 12.2. The number of amides is 2. The van der Waals surface area contributed by atoms with Gasteiger partial charge in [0.2, 0.25) is 11.8 Å². The Hall–Kier alpha value is -0.800. The van der Waals surface area contributed by atoms with Gasteiger partial charge in [0.25, 0.3) is 0 Å². The minimum Gasteiger partial charge on any atom is -0.369 e. The molecular formula is C9H14N4O2S3. The van der Waals surface area contributed by atoms with Crippen molar-refractivity contribution in [1.29, 1.82) is 0 Å². The zero-order valence-corrected chi connectivity index (χ0v) is 12.7. The lowest BCUT2D eigenvalue weighted by molar-refractivity contribution is -0.127. The molecule has 9 heteroatoms. The minimum absolute atomic E-state index is 0.0292. The Morgan fingerprint density at radius 3 is 2.56 bits per heavy atom. The van der Waals surface area contributed by atoms with Gasteiger partial charge in [0.15, 0.2) is 8.68 Å². The monoisotopic (exact) mass is 306 g/mol. The van der Waals surface area contributed by atoms with Crippen LogP contribution in [0.1, 0.15) is 6.92 Å². The maximum atomic E-state index is 11.7. The largest absolute Gasteiger partial charge is 0.369 e. The molecule has 0 bridgehead atoms. The number of nitrogens with zero attached hydrogens (tertiary/aromatic N) is 3. The van der Waals surface area contributed by atoms with Gasteiger partial charge in [-0.3, -0.25) is 9.59 Å². The Morgan fingerprint density at radius 1 is 1.39 bits per heavy atom. The van der Waals surface area contributed by atoms with Crippen LogP contribution in [0.5, 0.6) is 0 Å². The van der Waals surface area contributed by atoms with Crippen molar-refractivity contribution in [2.45, 2.75) is 20.9 Å². The average molecular weight is 306 g/mol. The van der Waals surface area contributed by atoms with Gasteiger partial charge in [-0.2, -0.15) is 0 Å². The van der Waals surface area contributed by atoms with E-state index in [9.17, 15) is 9.59 Å². The fraction of sp³-hybridized carbons (Fsp3) is 0.556. The number of hydrogen-bond donors (Lipinski definition) is 1. The van der Waals surface area contributed by atoms with E-state index in [1.54, 1.807) is 19.0 Å². The second-order valence-electron chi connectivity index (χ2n) is 3.58. The predicted molar refractivity (Wildman–Crippen MR) is 73.8 cm³/mol. The van der Waals surface area contributed by atoms with Crippen molar-refractivity contribution >= 4 is 46.7 Å². The predicted octanol–water partition coefficient (Wildman–Crippen LogP) is 0.684. The first-order chi connectivity index (χ1) is 8.40. The zero-order chi connectivity index (χ0) is 13.7. The number of aromatic nitrogens is 2. The molecule has 1 rings (SSSR count). The molecule has 0 aromatic carbocycles. The van der Waals surface area contributed by atoms with E-state index in [-0.39, 0.29) is 22.8 Å². The molecule has 0 unspecified atom stereocenters. The summed E-state index contributed by atoms with van der Waals surface area (Å²) >= 11 is 3.97. The van der Waals surface area contributed by atoms with E-state index >= 15 is 0 Å². The van der Waals surface area contributed by atoms with Crippen LogP contribution in [0.25, 0.3) is 0 Å². The lowest BCUT2D eigenvalue weighted by Crippen LogP contribution is -2.29. The third-order valence-electron chi connectivity index (χ3n) is 1.79. The third-order valence-corrected chi connectivity index (χ3v) is 5.04. The first-order valence-electron chi connectivity index (χ1n) is 5.02. The second-order valence-corrected chi connectivity index (χ2v) is 7.37. The molecule has 0 aliphatic rings. The maximum Gasteiger partial charge on any atom is 0.235 e. The minimum atomic E-state index is -0.388. The highest BCUT2D eigenvalue weighted by Gasteiger charge is 2.18. The highest BCUT2D eigenvalue weighted by molar-refractivity contribution is 8.04. The van der Waals surface area contributed by atoms with Gasteiger partial charge < -0.3 is 10.6 Å². The molecule has 2 N–H and O–H groups in total. The molecule has 0 aliphatic heterocycles. The van der Waals surface area contributed by atoms with Crippen molar-refractivity contribution < 1.29 is 9.59 Å². The van der Waals surface area contributed by atoms with E-state index < -0.39 is 0 Å². The second kappa shape index (κ2) is 6.95. The van der Waals surface area contributed by atoms with Gasteiger partial charge in [-0.25, -0.2) is 0 Å². The van der Waals surface area contributed by atoms with Crippen molar-refractivity contribution in [2.75, 3.05) is 19.8 Å². The van der Waals surface area contributed by atoms with Crippen LogP contribution in [0.15, 0.2) is 8.68 Å². The molecular weight excluding hydrogens is 292 g/mol. The highest BCUT2D eigenvalue weighted by Crippen LogP contribution is 2.31. The summed E-state index contributed by atoms with van der Waals surface area (Å²) in [6.45, 7) is 1.82. The van der Waals surface area contributed by atoms with Gasteiger partial charge in [0, 0.05) is 14.1 Å². The Labute approximate surface area is 118 Å². The number of carbonyl (C=O) groups is 2. The molecule has 0 aliphatic carbocycles. The molecule has 2 amide bonds. The molecule has 100 valence electrons. The Kier molecular flexibility index (Phi) is 5.89. The van der Waals surface area contributed by atoms with Crippen LogP contribution in [0.2, 0.25) is 0 Å². The summed E-state index contributed by atoms with van der Waals surface area (Å²) in [5.41, 5.74) is 5.04. The van der Waals surface area contributed by atoms with Crippen LogP contribution in [0.3, 0.4) is 0 Å². The third kappa shape index (κ3) is 4.83. The summed E-state index contributed by atoms with van der Waals surface area (Å²) in [6, 6.07) is 0. The molecule has 0 spiro atoms. The van der Waals surface area contributed by atoms with E-state index in [2.05, 4.69) is 10.2 Å². The van der Waals surface area contributed by atoms with Crippen LogP contribution in [-0.2, 0) is 9.59 Å². The van der Waals surface area contributed by atoms with Gasteiger partial charge in [-0.15, -0.1) is 10.2 Å². The first-order valence-corrected chi connectivity index (χ1v) is 7.70. The summed E-state index contributed by atoms with van der Waals surface area (Å²) in [5, 5.41) is 7.68. The number of nitrogens with two attached hydrogens (primary N) is 1. The average Bonchev–Trinajstić information content (AvgIpc) is 2.72. The number of carbonyl (C=O) groups excluding carboxylic acids is 2. The standard InChI is InChI=1S/C9H14N4O2S3/c1-5(7(15)13(2)3)17-9-12-11-8(18-9)16-4-6(10)14/h5H,4H2,1-3H3,(H2,10,14)/t5-/m1/s1. The fourth-order valence-corrected chi connectivity index (χ4v) is 4.05. The maximum absolute atomic E-state index is 11.7. The molecule has 1 heterocycles. The lowest BCUT2D eigenvalue weighted by atomic mass is 10.4. The highest BCUT2D eigenvalue weighted by atomic mass is 32.2. The molecule has 0 saturated heterocycles. The van der Waals surface area contributed by atoms with E-state index in [0.29, 0.717) is 8.68 Å². The van der Waals surface area contributed by atoms with E-state index in [1.165, 1.54) is 34.9 Å². The van der Waals surface area contributed by atoms with Crippen LogP contribution >= 0.6 is 34.9 Å². The van der Waals surface area contributed by atoms with Gasteiger partial charge in [-0.05, 0) is 6.92 Å². The van der Waals surface area contributed by atoms with Crippen molar-refractivity contribution in [3.8, 4) is 0 Å². The Bertz CT molecular complexity index is 435. The van der Waals surface area contributed by atoms with Gasteiger partial charge in [0.1, 0.15) is 0 Å². The molecule has 1 atom stereocenters. The van der Waals surface area contributed by atoms with Crippen LogP contribution in [0, 0.1) is 0 Å². The summed E-state index contributed by atoms with van der Waals surface area (Å²) in [7, 11) is 3.43. The van der Waals surface area contributed by atoms with Gasteiger partial charge in [-0.1, -0.05) is 34.9 Å². The summed E-state index contributed by atoms with van der Waals surface area (Å²) in [5.74, 6) is -0.173. The quantitative estimate of drug-likeness (QED) is 0.778. The van der Waals surface area contributed by atoms with Crippen molar-refractivity contribution in [3.63, 3.8) is 0 Å². The number of primary amides is 1. The van der Waals surface area contributed by atoms with E-state index in [0.717, 1.165) is 0 Å². The SMILES string of the molecule is C[C@@H](Sc1nnc(SCC(N)=O)s1)C(=O)N(C)C. The molecule has 1 aromatic heterocycles. The van der Waals surface area contributed by atoms with Crippen molar-refractivity contribution in [2.24, 2.45) is 5.73 Å². The number of rotatable bonds is 6. The summed E-state index contributed by atoms with van der Waals surface area (Å²) in [6.07, 6.45) is 0. The molecule has 0 radical (unpaired) electrons. The van der Waals surface area contributed by atoms with Crippen molar-refractivity contribution in [3.05, 3.63) is 0 Å². The first kappa shape index (κ1) is 15.3. The van der Waals surface area contributed by atoms with Crippen LogP contribution in [0.4, 0.5) is 0 Å².